The van der Waals surface area contributed by atoms with Gasteiger partial charge in [-0.15, -0.1) is 0 Å². The third kappa shape index (κ3) is 3.98. The maximum Gasteiger partial charge on any atom is 0.253 e. The molecule has 0 aliphatic heterocycles. The molecule has 5 heteroatoms. The van der Waals surface area contributed by atoms with Crippen molar-refractivity contribution in [3.05, 3.63) is 29.3 Å². The Kier molecular flexibility index (Phi) is 6.03. The first-order valence-electron chi connectivity index (χ1n) is 6.92. The molecule has 1 rings (SSSR count). The lowest BCUT2D eigenvalue weighted by Gasteiger charge is -2.18. The minimum absolute atomic E-state index is 0.0491. The quantitative estimate of drug-likeness (QED) is 0.775. The van der Waals surface area contributed by atoms with Gasteiger partial charge in [0.25, 0.3) is 5.91 Å². The van der Waals surface area contributed by atoms with Crippen LogP contribution in [0.15, 0.2) is 18.2 Å². The number of aryl methyl sites for hydroxylation is 1. The van der Waals surface area contributed by atoms with Crippen molar-refractivity contribution in [1.82, 2.24) is 10.2 Å². The summed E-state index contributed by atoms with van der Waals surface area (Å²) in [6, 6.07) is 5.35. The number of nitrogens with two attached hydrogens (primary N) is 1. The summed E-state index contributed by atoms with van der Waals surface area (Å²) >= 11 is 0. The van der Waals surface area contributed by atoms with E-state index in [4.69, 9.17) is 5.73 Å². The molecule has 0 aliphatic rings. The van der Waals surface area contributed by atoms with Crippen molar-refractivity contribution >= 4 is 17.5 Å². The van der Waals surface area contributed by atoms with Crippen LogP contribution >= 0.6 is 0 Å². The summed E-state index contributed by atoms with van der Waals surface area (Å²) in [6.45, 7) is 7.42. The molecular weight excluding hydrogens is 254 g/mol. The summed E-state index contributed by atoms with van der Waals surface area (Å²) in [5, 5.41) is 2.75. The first-order valence-corrected chi connectivity index (χ1v) is 6.92. The molecule has 1 aromatic carbocycles. The van der Waals surface area contributed by atoms with Crippen molar-refractivity contribution in [1.29, 1.82) is 0 Å². The van der Waals surface area contributed by atoms with E-state index in [1.54, 1.807) is 11.0 Å². The smallest absolute Gasteiger partial charge is 0.253 e. The van der Waals surface area contributed by atoms with Gasteiger partial charge in [-0.1, -0.05) is 12.1 Å². The van der Waals surface area contributed by atoms with Crippen LogP contribution in [-0.4, -0.2) is 36.3 Å². The summed E-state index contributed by atoms with van der Waals surface area (Å²) in [5.74, 6) is -0.180. The second-order valence-electron chi connectivity index (χ2n) is 4.61. The molecule has 2 amide bonds. The molecule has 0 saturated heterocycles. The SMILES string of the molecule is CCN(CC)C(=O)CCNC(=O)c1c(C)cccc1N. The van der Waals surface area contributed by atoms with E-state index in [1.807, 2.05) is 32.9 Å². The zero-order chi connectivity index (χ0) is 15.1. The highest BCUT2D eigenvalue weighted by molar-refractivity contribution is 6.00. The molecule has 5 nitrogen and oxygen atoms in total. The molecule has 0 saturated carbocycles. The Morgan fingerprint density at radius 3 is 2.45 bits per heavy atom. The maximum absolute atomic E-state index is 12.1. The molecular formula is C15H23N3O2. The minimum atomic E-state index is -0.229. The predicted molar refractivity (Wildman–Crippen MR) is 80.5 cm³/mol. The van der Waals surface area contributed by atoms with Gasteiger partial charge < -0.3 is 16.0 Å². The van der Waals surface area contributed by atoms with Crippen LogP contribution in [0.3, 0.4) is 0 Å². The van der Waals surface area contributed by atoms with Crippen molar-refractivity contribution in [3.8, 4) is 0 Å². The van der Waals surface area contributed by atoms with Gasteiger partial charge in [-0.25, -0.2) is 0 Å². The molecule has 0 unspecified atom stereocenters. The average Bonchev–Trinajstić information content (AvgIpc) is 2.40. The van der Waals surface area contributed by atoms with Crippen LogP contribution in [0.5, 0.6) is 0 Å². The monoisotopic (exact) mass is 277 g/mol. The zero-order valence-corrected chi connectivity index (χ0v) is 12.4. The Labute approximate surface area is 120 Å². The van der Waals surface area contributed by atoms with Gasteiger partial charge >= 0.3 is 0 Å². The molecule has 0 heterocycles. The number of hydrogen-bond donors (Lipinski definition) is 2. The van der Waals surface area contributed by atoms with E-state index in [-0.39, 0.29) is 11.8 Å². The van der Waals surface area contributed by atoms with Crippen LogP contribution in [0.1, 0.15) is 36.2 Å². The Morgan fingerprint density at radius 2 is 1.90 bits per heavy atom. The number of amides is 2. The highest BCUT2D eigenvalue weighted by atomic mass is 16.2. The van der Waals surface area contributed by atoms with Crippen LogP contribution in [0.2, 0.25) is 0 Å². The molecule has 0 aliphatic carbocycles. The van der Waals surface area contributed by atoms with Gasteiger partial charge in [0.2, 0.25) is 5.91 Å². The van der Waals surface area contributed by atoms with E-state index in [9.17, 15) is 9.59 Å². The van der Waals surface area contributed by atoms with E-state index in [0.717, 1.165) is 5.56 Å². The lowest BCUT2D eigenvalue weighted by atomic mass is 10.1. The summed E-state index contributed by atoms with van der Waals surface area (Å²) < 4.78 is 0. The number of anilines is 1. The predicted octanol–water partition coefficient (Wildman–Crippen LogP) is 1.57. The van der Waals surface area contributed by atoms with Crippen molar-refractivity contribution in [3.63, 3.8) is 0 Å². The van der Waals surface area contributed by atoms with Crippen LogP contribution in [0, 0.1) is 6.92 Å². The molecule has 1 aromatic rings. The molecule has 0 spiro atoms. The largest absolute Gasteiger partial charge is 0.398 e. The Balaban J connectivity index is 2.54. The highest BCUT2D eigenvalue weighted by Crippen LogP contribution is 2.15. The molecule has 0 radical (unpaired) electrons. The topological polar surface area (TPSA) is 75.4 Å². The standard InChI is InChI=1S/C15H23N3O2/c1-4-18(5-2)13(19)9-10-17-15(20)14-11(3)7-6-8-12(14)16/h6-8H,4-5,9-10,16H2,1-3H3,(H,17,20). The number of nitrogens with zero attached hydrogens (tertiary/aromatic N) is 1. The zero-order valence-electron chi connectivity index (χ0n) is 12.4. The van der Waals surface area contributed by atoms with Crippen LogP contribution in [0.4, 0.5) is 5.69 Å². The normalized spacial score (nSPS) is 10.2. The van der Waals surface area contributed by atoms with Gasteiger partial charge in [0, 0.05) is 31.7 Å². The molecule has 110 valence electrons. The number of carbonyl (C=O) groups excluding carboxylic acids is 2. The van der Waals surface area contributed by atoms with Crippen LogP contribution < -0.4 is 11.1 Å². The second kappa shape index (κ2) is 7.53. The van der Waals surface area contributed by atoms with E-state index < -0.39 is 0 Å². The fourth-order valence-electron chi connectivity index (χ4n) is 2.11. The maximum atomic E-state index is 12.1. The lowest BCUT2D eigenvalue weighted by Crippen LogP contribution is -2.34. The number of nitrogen functional groups attached to an aromatic ring is 1. The van der Waals surface area contributed by atoms with Crippen LogP contribution in [-0.2, 0) is 4.79 Å². The van der Waals surface area contributed by atoms with Crippen molar-refractivity contribution in [2.75, 3.05) is 25.4 Å². The highest BCUT2D eigenvalue weighted by Gasteiger charge is 2.13. The average molecular weight is 277 g/mol. The fourth-order valence-corrected chi connectivity index (χ4v) is 2.11. The van der Waals surface area contributed by atoms with Crippen molar-refractivity contribution < 1.29 is 9.59 Å². The lowest BCUT2D eigenvalue weighted by molar-refractivity contribution is -0.130. The second-order valence-corrected chi connectivity index (χ2v) is 4.61. The van der Waals surface area contributed by atoms with E-state index in [0.29, 0.717) is 37.3 Å². The van der Waals surface area contributed by atoms with Gasteiger partial charge in [-0.3, -0.25) is 9.59 Å². The third-order valence-corrected chi connectivity index (χ3v) is 3.27. The third-order valence-electron chi connectivity index (χ3n) is 3.27. The number of hydrogen-bond acceptors (Lipinski definition) is 3. The molecule has 0 fully saturated rings. The number of nitrogens with one attached hydrogen (secondary N) is 1. The fraction of sp³-hybridized carbons (Fsp3) is 0.467. The first kappa shape index (κ1) is 16.0. The molecule has 0 bridgehead atoms. The Morgan fingerprint density at radius 1 is 1.25 bits per heavy atom. The minimum Gasteiger partial charge on any atom is -0.398 e. The first-order chi connectivity index (χ1) is 9.51. The summed E-state index contributed by atoms with van der Waals surface area (Å²) in [6.07, 6.45) is 0.305. The summed E-state index contributed by atoms with van der Waals surface area (Å²) in [7, 11) is 0. The van der Waals surface area contributed by atoms with E-state index in [2.05, 4.69) is 5.32 Å². The number of carbonyl (C=O) groups is 2. The molecule has 20 heavy (non-hydrogen) atoms. The van der Waals surface area contributed by atoms with Crippen molar-refractivity contribution in [2.24, 2.45) is 0 Å². The molecule has 3 N–H and O–H groups in total. The van der Waals surface area contributed by atoms with Crippen molar-refractivity contribution in [2.45, 2.75) is 27.2 Å². The van der Waals surface area contributed by atoms with E-state index in [1.165, 1.54) is 0 Å². The van der Waals surface area contributed by atoms with Gasteiger partial charge in [0.05, 0.1) is 5.56 Å². The van der Waals surface area contributed by atoms with Gasteiger partial charge in [0.1, 0.15) is 0 Å². The van der Waals surface area contributed by atoms with Gasteiger partial charge in [-0.05, 0) is 32.4 Å². The molecule has 0 aromatic heterocycles. The van der Waals surface area contributed by atoms with Gasteiger partial charge in [-0.2, -0.15) is 0 Å². The molecule has 0 atom stereocenters. The van der Waals surface area contributed by atoms with Crippen LogP contribution in [0.25, 0.3) is 0 Å². The summed E-state index contributed by atoms with van der Waals surface area (Å²) in [5.41, 5.74) is 7.58. The number of rotatable bonds is 6. The number of benzene rings is 1. The summed E-state index contributed by atoms with van der Waals surface area (Å²) in [4.78, 5) is 25.6. The Hall–Kier alpha value is -2.04. The van der Waals surface area contributed by atoms with E-state index >= 15 is 0 Å². The Bertz CT molecular complexity index is 462. The van der Waals surface area contributed by atoms with Gasteiger partial charge in [0.15, 0.2) is 0 Å².